The quantitative estimate of drug-likeness (QED) is 0.708. The summed E-state index contributed by atoms with van der Waals surface area (Å²) in [4.78, 5) is 0. The van der Waals surface area contributed by atoms with Crippen molar-refractivity contribution in [2.75, 3.05) is 0 Å². The lowest BCUT2D eigenvalue weighted by atomic mass is 9.77. The summed E-state index contributed by atoms with van der Waals surface area (Å²) in [5.74, 6) is 1.43. The van der Waals surface area contributed by atoms with Gasteiger partial charge in [-0.3, -0.25) is 0 Å². The number of fused-ring (bicyclic) bond motifs is 1. The lowest BCUT2D eigenvalue weighted by molar-refractivity contribution is 0.417. The summed E-state index contributed by atoms with van der Waals surface area (Å²) in [6, 6.07) is 8.88. The second-order valence-corrected chi connectivity index (χ2v) is 5.66. The Morgan fingerprint density at radius 3 is 2.47 bits per heavy atom. The number of nitrogens with zero attached hydrogens (tertiary/aromatic N) is 1. The molecule has 1 aromatic heterocycles. The van der Waals surface area contributed by atoms with Gasteiger partial charge in [0.1, 0.15) is 0 Å². The van der Waals surface area contributed by atoms with Crippen molar-refractivity contribution in [2.45, 2.75) is 44.9 Å². The summed E-state index contributed by atoms with van der Waals surface area (Å²) < 4.78 is 2.41. The Bertz CT molecular complexity index is 544. The van der Waals surface area contributed by atoms with E-state index in [0.717, 1.165) is 5.92 Å². The highest BCUT2D eigenvalue weighted by Crippen LogP contribution is 2.44. The Kier molecular flexibility index (Phi) is 2.50. The van der Waals surface area contributed by atoms with E-state index in [0.29, 0.717) is 5.92 Å². The van der Waals surface area contributed by atoms with Crippen molar-refractivity contribution in [2.24, 2.45) is 7.05 Å². The summed E-state index contributed by atoms with van der Waals surface area (Å²) in [5, 5.41) is 1.49. The van der Waals surface area contributed by atoms with Gasteiger partial charge in [0, 0.05) is 23.6 Å². The van der Waals surface area contributed by atoms with Crippen LogP contribution < -0.4 is 0 Å². The van der Waals surface area contributed by atoms with Gasteiger partial charge >= 0.3 is 0 Å². The average Bonchev–Trinajstić information content (AvgIpc) is 2.51. The third-order valence-electron chi connectivity index (χ3n) is 4.25. The van der Waals surface area contributed by atoms with Crippen LogP contribution in [0.25, 0.3) is 10.9 Å². The van der Waals surface area contributed by atoms with E-state index >= 15 is 0 Å². The fraction of sp³-hybridized carbons (Fsp3) is 0.500. The molecule has 1 saturated carbocycles. The Morgan fingerprint density at radius 2 is 1.88 bits per heavy atom. The maximum absolute atomic E-state index is 2.41. The Labute approximate surface area is 103 Å². The third kappa shape index (κ3) is 1.52. The topological polar surface area (TPSA) is 4.93 Å². The normalized spacial score (nSPS) is 16.7. The number of aromatic nitrogens is 1. The van der Waals surface area contributed by atoms with E-state index in [4.69, 9.17) is 0 Å². The highest BCUT2D eigenvalue weighted by molar-refractivity contribution is 5.86. The molecule has 0 radical (unpaired) electrons. The minimum Gasteiger partial charge on any atom is -0.347 e. The van der Waals surface area contributed by atoms with E-state index in [2.05, 4.69) is 49.7 Å². The average molecular weight is 227 g/mol. The van der Waals surface area contributed by atoms with Crippen molar-refractivity contribution < 1.29 is 0 Å². The Balaban J connectivity index is 2.31. The molecule has 1 aliphatic carbocycles. The standard InChI is InChI=1S/C16H21N/c1-11(2)16-15(12-7-6-8-12)13-9-4-5-10-14(13)17(16)3/h4-5,9-12H,6-8H2,1-3H3. The van der Waals surface area contributed by atoms with Crippen molar-refractivity contribution in [1.29, 1.82) is 0 Å². The van der Waals surface area contributed by atoms with Crippen LogP contribution >= 0.6 is 0 Å². The minimum atomic E-state index is 0.614. The van der Waals surface area contributed by atoms with E-state index in [1.807, 2.05) is 0 Å². The van der Waals surface area contributed by atoms with Crippen LogP contribution in [-0.2, 0) is 7.05 Å². The van der Waals surface area contributed by atoms with Crippen molar-refractivity contribution in [1.82, 2.24) is 4.57 Å². The van der Waals surface area contributed by atoms with E-state index in [-0.39, 0.29) is 0 Å². The molecule has 1 aromatic carbocycles. The molecule has 1 nitrogen and oxygen atoms in total. The van der Waals surface area contributed by atoms with Crippen LogP contribution in [0, 0.1) is 0 Å². The van der Waals surface area contributed by atoms with Crippen LogP contribution in [0.1, 0.15) is 56.2 Å². The second-order valence-electron chi connectivity index (χ2n) is 5.66. The zero-order valence-corrected chi connectivity index (χ0v) is 11.0. The summed E-state index contributed by atoms with van der Waals surface area (Å²) in [7, 11) is 2.22. The van der Waals surface area contributed by atoms with Gasteiger partial charge in [0.15, 0.2) is 0 Å². The van der Waals surface area contributed by atoms with Crippen LogP contribution in [0.5, 0.6) is 0 Å². The van der Waals surface area contributed by atoms with Crippen molar-refractivity contribution in [3.8, 4) is 0 Å². The first kappa shape index (κ1) is 10.9. The fourth-order valence-electron chi connectivity index (χ4n) is 3.27. The van der Waals surface area contributed by atoms with E-state index < -0.39 is 0 Å². The molecular formula is C16H21N. The van der Waals surface area contributed by atoms with Gasteiger partial charge in [0.2, 0.25) is 0 Å². The predicted molar refractivity (Wildman–Crippen MR) is 73.6 cm³/mol. The molecule has 0 amide bonds. The Hall–Kier alpha value is -1.24. The maximum atomic E-state index is 2.41. The molecular weight excluding hydrogens is 206 g/mol. The second kappa shape index (κ2) is 3.90. The summed E-state index contributed by atoms with van der Waals surface area (Å²) >= 11 is 0. The molecule has 1 heteroatoms. The van der Waals surface area contributed by atoms with Crippen LogP contribution in [0.15, 0.2) is 24.3 Å². The van der Waals surface area contributed by atoms with Gasteiger partial charge in [-0.15, -0.1) is 0 Å². The zero-order valence-electron chi connectivity index (χ0n) is 11.0. The van der Waals surface area contributed by atoms with Gasteiger partial charge in [-0.2, -0.15) is 0 Å². The first-order valence-corrected chi connectivity index (χ1v) is 6.77. The molecule has 0 unspecified atom stereocenters. The molecule has 0 saturated heterocycles. The van der Waals surface area contributed by atoms with Gasteiger partial charge in [0.25, 0.3) is 0 Å². The highest BCUT2D eigenvalue weighted by Gasteiger charge is 2.27. The number of rotatable bonds is 2. The molecule has 1 heterocycles. The zero-order chi connectivity index (χ0) is 12.0. The summed E-state index contributed by atoms with van der Waals surface area (Å²) in [5.41, 5.74) is 4.60. The molecule has 2 aromatic rings. The smallest absolute Gasteiger partial charge is 0.0482 e. The SMILES string of the molecule is CC(C)c1c(C2CCC2)c2ccccc2n1C. The summed E-state index contributed by atoms with van der Waals surface area (Å²) in [6.07, 6.45) is 4.17. The van der Waals surface area contributed by atoms with Gasteiger partial charge in [0.05, 0.1) is 0 Å². The monoisotopic (exact) mass is 227 g/mol. The molecule has 17 heavy (non-hydrogen) atoms. The first-order chi connectivity index (χ1) is 8.20. The molecule has 1 fully saturated rings. The number of aryl methyl sites for hydroxylation is 1. The van der Waals surface area contributed by atoms with Crippen LogP contribution in [0.3, 0.4) is 0 Å². The summed E-state index contributed by atoms with van der Waals surface area (Å²) in [6.45, 7) is 4.63. The van der Waals surface area contributed by atoms with Crippen LogP contribution in [0.4, 0.5) is 0 Å². The molecule has 90 valence electrons. The number of hydrogen-bond donors (Lipinski definition) is 0. The van der Waals surface area contributed by atoms with Gasteiger partial charge < -0.3 is 4.57 Å². The van der Waals surface area contributed by atoms with E-state index in [1.54, 1.807) is 11.3 Å². The molecule has 0 bridgehead atoms. The van der Waals surface area contributed by atoms with Crippen LogP contribution in [-0.4, -0.2) is 4.57 Å². The first-order valence-electron chi connectivity index (χ1n) is 6.77. The minimum absolute atomic E-state index is 0.614. The van der Waals surface area contributed by atoms with Crippen LogP contribution in [0.2, 0.25) is 0 Å². The van der Waals surface area contributed by atoms with Crippen molar-refractivity contribution in [3.63, 3.8) is 0 Å². The number of para-hydroxylation sites is 1. The van der Waals surface area contributed by atoms with Crippen molar-refractivity contribution >= 4 is 10.9 Å². The molecule has 0 atom stereocenters. The lowest BCUT2D eigenvalue weighted by Gasteiger charge is -2.27. The molecule has 0 spiro atoms. The largest absolute Gasteiger partial charge is 0.347 e. The predicted octanol–water partition coefficient (Wildman–Crippen LogP) is 4.57. The Morgan fingerprint density at radius 1 is 1.18 bits per heavy atom. The lowest BCUT2D eigenvalue weighted by Crippen LogP contribution is -2.12. The van der Waals surface area contributed by atoms with Crippen molar-refractivity contribution in [3.05, 3.63) is 35.5 Å². The number of benzene rings is 1. The maximum Gasteiger partial charge on any atom is 0.0482 e. The van der Waals surface area contributed by atoms with Gasteiger partial charge in [-0.25, -0.2) is 0 Å². The molecule has 1 aliphatic rings. The molecule has 0 N–H and O–H groups in total. The number of hydrogen-bond acceptors (Lipinski definition) is 0. The third-order valence-corrected chi connectivity index (χ3v) is 4.25. The van der Waals surface area contributed by atoms with E-state index in [9.17, 15) is 0 Å². The molecule has 0 aliphatic heterocycles. The fourth-order valence-corrected chi connectivity index (χ4v) is 3.27. The van der Waals surface area contributed by atoms with E-state index in [1.165, 1.54) is 30.2 Å². The van der Waals surface area contributed by atoms with Gasteiger partial charge in [-0.1, -0.05) is 38.5 Å². The molecule has 3 rings (SSSR count). The van der Waals surface area contributed by atoms with Gasteiger partial charge in [-0.05, 0) is 36.3 Å². The highest BCUT2D eigenvalue weighted by atomic mass is 15.0.